The molecule has 8 heteroatoms. The minimum absolute atomic E-state index is 0.286. The molecule has 0 aliphatic carbocycles. The fourth-order valence-electron chi connectivity index (χ4n) is 2.73. The highest BCUT2D eigenvalue weighted by molar-refractivity contribution is 5.68. The lowest BCUT2D eigenvalue weighted by Gasteiger charge is -2.34. The first-order chi connectivity index (χ1) is 12.6. The summed E-state index contributed by atoms with van der Waals surface area (Å²) in [7, 11) is 0. The van der Waals surface area contributed by atoms with Crippen LogP contribution < -0.4 is 9.64 Å². The van der Waals surface area contributed by atoms with Crippen molar-refractivity contribution in [2.24, 2.45) is 0 Å². The Balaban J connectivity index is 1.65. The summed E-state index contributed by atoms with van der Waals surface area (Å²) < 4.78 is 24.0. The summed E-state index contributed by atoms with van der Waals surface area (Å²) in [5.74, 6) is 1.34. The van der Waals surface area contributed by atoms with Crippen LogP contribution in [-0.2, 0) is 4.74 Å². The van der Waals surface area contributed by atoms with Gasteiger partial charge in [-0.2, -0.15) is 0 Å². The van der Waals surface area contributed by atoms with Gasteiger partial charge in [0.25, 0.3) is 0 Å². The van der Waals surface area contributed by atoms with Gasteiger partial charge in [-0.1, -0.05) is 0 Å². The fourth-order valence-corrected chi connectivity index (χ4v) is 2.73. The van der Waals surface area contributed by atoms with E-state index in [0.717, 1.165) is 5.82 Å². The number of hydrogen-bond acceptors (Lipinski definition) is 6. The summed E-state index contributed by atoms with van der Waals surface area (Å²) >= 11 is 0. The predicted molar refractivity (Wildman–Crippen MR) is 94.1 cm³/mol. The zero-order chi connectivity index (χ0) is 18.5. The molecule has 1 amide bonds. The number of rotatable bonds is 4. The first-order valence-corrected chi connectivity index (χ1v) is 8.49. The van der Waals surface area contributed by atoms with Gasteiger partial charge < -0.3 is 19.3 Å². The van der Waals surface area contributed by atoms with E-state index in [-0.39, 0.29) is 11.9 Å². The molecule has 1 aliphatic rings. The number of carbonyl (C=O) groups is 1. The van der Waals surface area contributed by atoms with Gasteiger partial charge in [0.1, 0.15) is 23.7 Å². The molecule has 3 rings (SSSR count). The topological polar surface area (TPSA) is 67.8 Å². The lowest BCUT2D eigenvalue weighted by atomic mass is 10.2. The second-order valence-electron chi connectivity index (χ2n) is 5.90. The highest BCUT2D eigenvalue weighted by Gasteiger charge is 2.23. The molecule has 1 aliphatic heterocycles. The van der Waals surface area contributed by atoms with E-state index in [1.165, 1.54) is 18.5 Å². The van der Waals surface area contributed by atoms with E-state index in [4.69, 9.17) is 9.47 Å². The van der Waals surface area contributed by atoms with Crippen molar-refractivity contribution in [1.82, 2.24) is 14.9 Å². The molecule has 0 atom stereocenters. The van der Waals surface area contributed by atoms with E-state index in [1.807, 2.05) is 0 Å². The van der Waals surface area contributed by atoms with Crippen LogP contribution in [0.25, 0.3) is 0 Å². The number of anilines is 1. The molecule has 1 aromatic heterocycles. The molecule has 0 bridgehead atoms. The number of piperazine rings is 1. The van der Waals surface area contributed by atoms with E-state index < -0.39 is 0 Å². The lowest BCUT2D eigenvalue weighted by Crippen LogP contribution is -2.49. The van der Waals surface area contributed by atoms with Crippen molar-refractivity contribution in [2.45, 2.75) is 13.8 Å². The maximum Gasteiger partial charge on any atom is 0.409 e. The maximum absolute atomic E-state index is 13.2. The standard InChI is InChI=1S/C18H21FN4O3/c1-3-25-18(24)23-8-6-22(7-9-23)16-11-17(21-12-20-16)26-15-5-4-14(19)10-13(15)2/h4-5,10-12H,3,6-9H2,1-2H3. The molecule has 0 unspecified atom stereocenters. The minimum atomic E-state index is -0.308. The van der Waals surface area contributed by atoms with Gasteiger partial charge in [-0.3, -0.25) is 0 Å². The third-order valence-electron chi connectivity index (χ3n) is 4.11. The summed E-state index contributed by atoms with van der Waals surface area (Å²) in [4.78, 5) is 23.9. The molecule has 1 aromatic carbocycles. The Morgan fingerprint density at radius 1 is 1.19 bits per heavy atom. The van der Waals surface area contributed by atoms with Crippen molar-refractivity contribution in [3.05, 3.63) is 42.0 Å². The Labute approximate surface area is 151 Å². The van der Waals surface area contributed by atoms with E-state index in [0.29, 0.717) is 50.0 Å². The predicted octanol–water partition coefficient (Wildman–Crippen LogP) is 2.99. The number of halogens is 1. The van der Waals surface area contributed by atoms with Gasteiger partial charge in [0, 0.05) is 32.2 Å². The Hall–Kier alpha value is -2.90. The lowest BCUT2D eigenvalue weighted by molar-refractivity contribution is 0.105. The maximum atomic E-state index is 13.2. The Kier molecular flexibility index (Phi) is 5.50. The van der Waals surface area contributed by atoms with E-state index >= 15 is 0 Å². The van der Waals surface area contributed by atoms with Gasteiger partial charge in [-0.15, -0.1) is 0 Å². The quantitative estimate of drug-likeness (QED) is 0.835. The van der Waals surface area contributed by atoms with Gasteiger partial charge in [-0.05, 0) is 37.6 Å². The molecule has 0 spiro atoms. The van der Waals surface area contributed by atoms with Crippen LogP contribution in [0.2, 0.25) is 0 Å². The van der Waals surface area contributed by atoms with Gasteiger partial charge >= 0.3 is 6.09 Å². The zero-order valence-electron chi connectivity index (χ0n) is 14.8. The number of amides is 1. The average molecular weight is 360 g/mol. The van der Waals surface area contributed by atoms with Gasteiger partial charge in [0.15, 0.2) is 0 Å². The summed E-state index contributed by atoms with van der Waals surface area (Å²) in [5.41, 5.74) is 0.688. The minimum Gasteiger partial charge on any atom is -0.450 e. The highest BCUT2D eigenvalue weighted by atomic mass is 19.1. The van der Waals surface area contributed by atoms with Crippen LogP contribution in [0.15, 0.2) is 30.6 Å². The van der Waals surface area contributed by atoms with Gasteiger partial charge in [0.05, 0.1) is 6.61 Å². The molecule has 2 aromatic rings. The van der Waals surface area contributed by atoms with Crippen molar-refractivity contribution < 1.29 is 18.7 Å². The smallest absolute Gasteiger partial charge is 0.409 e. The largest absolute Gasteiger partial charge is 0.450 e. The van der Waals surface area contributed by atoms with Crippen molar-refractivity contribution >= 4 is 11.9 Å². The molecule has 1 fully saturated rings. The molecule has 1 saturated heterocycles. The average Bonchev–Trinajstić information content (AvgIpc) is 2.65. The number of aryl methyl sites for hydroxylation is 1. The molecule has 0 N–H and O–H groups in total. The second kappa shape index (κ2) is 7.99. The Morgan fingerprint density at radius 3 is 2.65 bits per heavy atom. The number of nitrogens with zero attached hydrogens (tertiary/aromatic N) is 4. The van der Waals surface area contributed by atoms with Crippen LogP contribution in [0.5, 0.6) is 11.6 Å². The highest BCUT2D eigenvalue weighted by Crippen LogP contribution is 2.26. The SMILES string of the molecule is CCOC(=O)N1CCN(c2cc(Oc3ccc(F)cc3C)ncn2)CC1. The molecular weight excluding hydrogens is 339 g/mol. The van der Waals surface area contributed by atoms with Crippen LogP contribution in [-0.4, -0.2) is 53.7 Å². The van der Waals surface area contributed by atoms with E-state index in [2.05, 4.69) is 14.9 Å². The fraction of sp³-hybridized carbons (Fsp3) is 0.389. The first-order valence-electron chi connectivity index (χ1n) is 8.49. The normalized spacial score (nSPS) is 14.3. The molecule has 0 radical (unpaired) electrons. The van der Waals surface area contributed by atoms with Gasteiger partial charge in [0.2, 0.25) is 5.88 Å². The van der Waals surface area contributed by atoms with Crippen LogP contribution in [0.3, 0.4) is 0 Å². The third-order valence-corrected chi connectivity index (χ3v) is 4.11. The van der Waals surface area contributed by atoms with Crippen molar-refractivity contribution in [3.8, 4) is 11.6 Å². The number of carbonyl (C=O) groups excluding carboxylic acids is 1. The third kappa shape index (κ3) is 4.19. The van der Waals surface area contributed by atoms with E-state index in [1.54, 1.807) is 30.9 Å². The molecule has 7 nitrogen and oxygen atoms in total. The molecule has 138 valence electrons. The summed E-state index contributed by atoms with van der Waals surface area (Å²) in [5, 5.41) is 0. The Bertz CT molecular complexity index is 779. The number of hydrogen-bond donors (Lipinski definition) is 0. The van der Waals surface area contributed by atoms with Crippen LogP contribution in [0, 0.1) is 12.7 Å². The van der Waals surface area contributed by atoms with Crippen molar-refractivity contribution in [2.75, 3.05) is 37.7 Å². The van der Waals surface area contributed by atoms with Crippen molar-refractivity contribution in [1.29, 1.82) is 0 Å². The zero-order valence-corrected chi connectivity index (χ0v) is 14.8. The van der Waals surface area contributed by atoms with E-state index in [9.17, 15) is 9.18 Å². The molecule has 2 heterocycles. The summed E-state index contributed by atoms with van der Waals surface area (Å²) in [6, 6.07) is 6.07. The summed E-state index contributed by atoms with van der Waals surface area (Å²) in [6.45, 7) is 6.35. The number of ether oxygens (including phenoxy) is 2. The van der Waals surface area contributed by atoms with Crippen LogP contribution in [0.1, 0.15) is 12.5 Å². The monoisotopic (exact) mass is 360 g/mol. The summed E-state index contributed by atoms with van der Waals surface area (Å²) in [6.07, 6.45) is 1.15. The number of aromatic nitrogens is 2. The Morgan fingerprint density at radius 2 is 1.96 bits per heavy atom. The molecular formula is C18H21FN4O3. The molecule has 0 saturated carbocycles. The van der Waals surface area contributed by atoms with Crippen LogP contribution >= 0.6 is 0 Å². The van der Waals surface area contributed by atoms with Crippen LogP contribution in [0.4, 0.5) is 15.0 Å². The molecule has 26 heavy (non-hydrogen) atoms. The number of benzene rings is 1. The van der Waals surface area contributed by atoms with Crippen molar-refractivity contribution in [3.63, 3.8) is 0 Å². The second-order valence-corrected chi connectivity index (χ2v) is 5.90. The van der Waals surface area contributed by atoms with Gasteiger partial charge in [-0.25, -0.2) is 19.2 Å². The first kappa shape index (κ1) is 17.9.